The second-order valence-corrected chi connectivity index (χ2v) is 2.21. The molecule has 0 saturated heterocycles. The van der Waals surface area contributed by atoms with Crippen molar-refractivity contribution < 1.29 is 0 Å². The summed E-state index contributed by atoms with van der Waals surface area (Å²) >= 11 is 0. The smallest absolute Gasteiger partial charge is 0.0271 e. The Hall–Kier alpha value is -0.660. The first-order chi connectivity index (χ1) is 3.84. The summed E-state index contributed by atoms with van der Waals surface area (Å²) in [6, 6.07) is 0. The SMILES string of the molecule is CN/C=C(\N)C1CC1. The fourth-order valence-corrected chi connectivity index (χ4v) is 0.701. The Labute approximate surface area is 49.8 Å². The van der Waals surface area contributed by atoms with E-state index >= 15 is 0 Å². The second kappa shape index (κ2) is 2.07. The van der Waals surface area contributed by atoms with E-state index in [1.54, 1.807) is 0 Å². The fraction of sp³-hybridized carbons (Fsp3) is 0.667. The standard InChI is InChI=1S/C6H12N2/c1-8-4-6(7)5-2-3-5/h4-5,8H,2-3,7H2,1H3/b6-4-. The van der Waals surface area contributed by atoms with E-state index in [0.717, 1.165) is 5.70 Å². The van der Waals surface area contributed by atoms with Gasteiger partial charge in [-0.2, -0.15) is 0 Å². The van der Waals surface area contributed by atoms with Gasteiger partial charge in [-0.05, 0) is 18.8 Å². The topological polar surface area (TPSA) is 38.0 Å². The van der Waals surface area contributed by atoms with E-state index in [1.807, 2.05) is 13.2 Å². The van der Waals surface area contributed by atoms with E-state index in [-0.39, 0.29) is 0 Å². The summed E-state index contributed by atoms with van der Waals surface area (Å²) in [6.45, 7) is 0. The van der Waals surface area contributed by atoms with Crippen LogP contribution in [0.25, 0.3) is 0 Å². The van der Waals surface area contributed by atoms with Gasteiger partial charge in [0.2, 0.25) is 0 Å². The summed E-state index contributed by atoms with van der Waals surface area (Å²) < 4.78 is 0. The zero-order valence-corrected chi connectivity index (χ0v) is 5.15. The van der Waals surface area contributed by atoms with Crippen LogP contribution in [0.5, 0.6) is 0 Å². The average Bonchev–Trinajstić information content (AvgIpc) is 2.45. The van der Waals surface area contributed by atoms with E-state index in [2.05, 4.69) is 5.32 Å². The molecular weight excluding hydrogens is 100 g/mol. The first-order valence-electron chi connectivity index (χ1n) is 2.97. The Bertz CT molecular complexity index is 103. The van der Waals surface area contributed by atoms with Crippen LogP contribution in [0.1, 0.15) is 12.8 Å². The van der Waals surface area contributed by atoms with Gasteiger partial charge in [0.15, 0.2) is 0 Å². The van der Waals surface area contributed by atoms with Crippen LogP contribution >= 0.6 is 0 Å². The average molecular weight is 112 g/mol. The predicted molar refractivity (Wildman–Crippen MR) is 34.1 cm³/mol. The number of rotatable bonds is 2. The Morgan fingerprint density at radius 1 is 1.75 bits per heavy atom. The molecule has 0 radical (unpaired) electrons. The van der Waals surface area contributed by atoms with Crippen LogP contribution in [-0.4, -0.2) is 7.05 Å². The Kier molecular flexibility index (Phi) is 1.42. The predicted octanol–water partition coefficient (Wildman–Crippen LogP) is 0.416. The maximum absolute atomic E-state index is 5.59. The molecule has 1 rings (SSSR count). The van der Waals surface area contributed by atoms with E-state index in [1.165, 1.54) is 12.8 Å². The minimum atomic E-state index is 0.697. The normalized spacial score (nSPS) is 20.9. The van der Waals surface area contributed by atoms with Gasteiger partial charge in [-0.1, -0.05) is 0 Å². The molecule has 2 nitrogen and oxygen atoms in total. The van der Waals surface area contributed by atoms with Crippen molar-refractivity contribution in [3.05, 3.63) is 11.9 Å². The lowest BCUT2D eigenvalue weighted by Gasteiger charge is -1.94. The van der Waals surface area contributed by atoms with Crippen LogP contribution < -0.4 is 11.1 Å². The van der Waals surface area contributed by atoms with Crippen LogP contribution in [0.3, 0.4) is 0 Å². The molecule has 46 valence electrons. The van der Waals surface area contributed by atoms with Crippen molar-refractivity contribution in [3.8, 4) is 0 Å². The van der Waals surface area contributed by atoms with Crippen LogP contribution in [-0.2, 0) is 0 Å². The number of nitrogens with one attached hydrogen (secondary N) is 1. The molecule has 0 heterocycles. The highest BCUT2D eigenvalue weighted by Gasteiger charge is 2.23. The van der Waals surface area contributed by atoms with Gasteiger partial charge in [0.25, 0.3) is 0 Å². The Morgan fingerprint density at radius 3 is 2.75 bits per heavy atom. The molecule has 2 heteroatoms. The van der Waals surface area contributed by atoms with Crippen molar-refractivity contribution in [2.45, 2.75) is 12.8 Å². The van der Waals surface area contributed by atoms with Crippen molar-refractivity contribution in [1.82, 2.24) is 5.32 Å². The second-order valence-electron chi connectivity index (χ2n) is 2.21. The quantitative estimate of drug-likeness (QED) is 0.543. The van der Waals surface area contributed by atoms with Crippen molar-refractivity contribution >= 4 is 0 Å². The minimum Gasteiger partial charge on any atom is -0.401 e. The molecule has 1 aliphatic rings. The van der Waals surface area contributed by atoms with E-state index in [4.69, 9.17) is 5.73 Å². The van der Waals surface area contributed by atoms with Crippen LogP contribution in [0.15, 0.2) is 11.9 Å². The lowest BCUT2D eigenvalue weighted by atomic mass is 10.3. The fourth-order valence-electron chi connectivity index (χ4n) is 0.701. The lowest BCUT2D eigenvalue weighted by molar-refractivity contribution is 0.934. The monoisotopic (exact) mass is 112 g/mol. The van der Waals surface area contributed by atoms with Crippen LogP contribution in [0, 0.1) is 5.92 Å². The maximum atomic E-state index is 5.59. The van der Waals surface area contributed by atoms with Crippen LogP contribution in [0.2, 0.25) is 0 Å². The zero-order valence-electron chi connectivity index (χ0n) is 5.15. The summed E-state index contributed by atoms with van der Waals surface area (Å²) in [5.41, 5.74) is 6.60. The van der Waals surface area contributed by atoms with Crippen molar-refractivity contribution in [2.75, 3.05) is 7.05 Å². The van der Waals surface area contributed by atoms with Gasteiger partial charge in [-0.25, -0.2) is 0 Å². The minimum absolute atomic E-state index is 0.697. The molecule has 0 aromatic carbocycles. The molecule has 0 atom stereocenters. The number of hydrogen-bond donors (Lipinski definition) is 2. The largest absolute Gasteiger partial charge is 0.401 e. The molecule has 1 saturated carbocycles. The molecule has 0 aromatic rings. The van der Waals surface area contributed by atoms with Crippen molar-refractivity contribution in [3.63, 3.8) is 0 Å². The molecule has 1 aliphatic carbocycles. The van der Waals surface area contributed by atoms with Crippen molar-refractivity contribution in [1.29, 1.82) is 0 Å². The van der Waals surface area contributed by atoms with Gasteiger partial charge in [-0.15, -0.1) is 0 Å². The molecule has 0 unspecified atom stereocenters. The summed E-state index contributed by atoms with van der Waals surface area (Å²) in [7, 11) is 1.87. The van der Waals surface area contributed by atoms with E-state index < -0.39 is 0 Å². The van der Waals surface area contributed by atoms with Gasteiger partial charge in [0.1, 0.15) is 0 Å². The van der Waals surface area contributed by atoms with E-state index in [9.17, 15) is 0 Å². The third kappa shape index (κ3) is 1.15. The molecule has 1 fully saturated rings. The van der Waals surface area contributed by atoms with Gasteiger partial charge < -0.3 is 11.1 Å². The molecule has 8 heavy (non-hydrogen) atoms. The van der Waals surface area contributed by atoms with Gasteiger partial charge in [0.05, 0.1) is 0 Å². The van der Waals surface area contributed by atoms with Crippen molar-refractivity contribution in [2.24, 2.45) is 11.7 Å². The first-order valence-corrected chi connectivity index (χ1v) is 2.97. The molecule has 0 spiro atoms. The Balaban J connectivity index is 2.31. The molecule has 0 aromatic heterocycles. The molecule has 0 bridgehead atoms. The summed E-state index contributed by atoms with van der Waals surface area (Å²) in [6.07, 6.45) is 4.44. The first kappa shape index (κ1) is 5.48. The molecule has 0 aliphatic heterocycles. The number of nitrogens with two attached hydrogens (primary N) is 1. The highest BCUT2D eigenvalue weighted by molar-refractivity contribution is 5.06. The van der Waals surface area contributed by atoms with Crippen LogP contribution in [0.4, 0.5) is 0 Å². The molecular formula is C6H12N2. The van der Waals surface area contributed by atoms with Gasteiger partial charge in [-0.3, -0.25) is 0 Å². The number of hydrogen-bond acceptors (Lipinski definition) is 2. The third-order valence-electron chi connectivity index (χ3n) is 1.36. The highest BCUT2D eigenvalue weighted by Crippen LogP contribution is 2.33. The summed E-state index contributed by atoms with van der Waals surface area (Å²) in [5.74, 6) is 0.697. The van der Waals surface area contributed by atoms with Gasteiger partial charge >= 0.3 is 0 Å². The third-order valence-corrected chi connectivity index (χ3v) is 1.36. The number of allylic oxidation sites excluding steroid dienone is 1. The lowest BCUT2D eigenvalue weighted by Crippen LogP contribution is -2.05. The molecule has 3 N–H and O–H groups in total. The molecule has 0 amide bonds. The van der Waals surface area contributed by atoms with E-state index in [0.29, 0.717) is 5.92 Å². The zero-order chi connectivity index (χ0) is 5.98. The highest BCUT2D eigenvalue weighted by atomic mass is 14.8. The van der Waals surface area contributed by atoms with Gasteiger partial charge in [0, 0.05) is 18.9 Å². The summed E-state index contributed by atoms with van der Waals surface area (Å²) in [4.78, 5) is 0. The maximum Gasteiger partial charge on any atom is 0.0271 e. The Morgan fingerprint density at radius 2 is 2.38 bits per heavy atom. The summed E-state index contributed by atoms with van der Waals surface area (Å²) in [5, 5.41) is 2.90.